The van der Waals surface area contributed by atoms with Crippen molar-refractivity contribution in [3.63, 3.8) is 0 Å². The van der Waals surface area contributed by atoms with E-state index in [0.717, 1.165) is 56.4 Å². The molecule has 0 bridgehead atoms. The Labute approximate surface area is 170 Å². The van der Waals surface area contributed by atoms with Crippen molar-refractivity contribution in [2.24, 2.45) is 0 Å². The minimum Gasteiger partial charge on any atom is -0.359 e. The van der Waals surface area contributed by atoms with Crippen LogP contribution >= 0.6 is 11.3 Å². The quantitative estimate of drug-likeness (QED) is 0.723. The summed E-state index contributed by atoms with van der Waals surface area (Å²) in [5, 5.41) is 4.76. The number of nitrogens with one attached hydrogen (secondary N) is 1. The van der Waals surface area contributed by atoms with Gasteiger partial charge in [0.05, 0.1) is 16.7 Å². The van der Waals surface area contributed by atoms with Gasteiger partial charge in [-0.3, -0.25) is 0 Å². The Morgan fingerprint density at radius 1 is 1.25 bits per heavy atom. The van der Waals surface area contributed by atoms with E-state index in [0.29, 0.717) is 13.1 Å². The smallest absolute Gasteiger partial charge is 0.257 e. The maximum atomic E-state index is 11.7. The minimum absolute atomic E-state index is 0.591. The zero-order valence-electron chi connectivity index (χ0n) is 16.6. The summed E-state index contributed by atoms with van der Waals surface area (Å²) < 4.78 is 27.3. The van der Waals surface area contributed by atoms with E-state index in [2.05, 4.69) is 31.7 Å². The second kappa shape index (κ2) is 7.66. The number of piperazine rings is 1. The molecular formula is C18H27N6O2S2+. The molecular weight excluding hydrogens is 396 g/mol. The lowest BCUT2D eigenvalue weighted by atomic mass is 10.2. The van der Waals surface area contributed by atoms with Crippen molar-refractivity contribution in [2.45, 2.75) is 33.4 Å². The lowest BCUT2D eigenvalue weighted by Crippen LogP contribution is -2.48. The largest absolute Gasteiger partial charge is 0.359 e. The van der Waals surface area contributed by atoms with Gasteiger partial charge in [0.2, 0.25) is 10.0 Å². The van der Waals surface area contributed by atoms with Gasteiger partial charge in [0.15, 0.2) is 12.2 Å². The normalized spacial score (nSPS) is 18.2. The van der Waals surface area contributed by atoms with Crippen molar-refractivity contribution in [2.75, 3.05) is 44.3 Å². The molecule has 1 saturated heterocycles. The molecule has 0 spiro atoms. The molecule has 4 heterocycles. The molecule has 28 heavy (non-hydrogen) atoms. The number of anilines is 1. The van der Waals surface area contributed by atoms with Crippen molar-refractivity contribution in [3.8, 4) is 0 Å². The van der Waals surface area contributed by atoms with Gasteiger partial charge in [-0.1, -0.05) is 11.3 Å². The fraction of sp³-hybridized carbons (Fsp3) is 0.611. The predicted octanol–water partition coefficient (Wildman–Crippen LogP) is 0.536. The Morgan fingerprint density at radius 2 is 2.00 bits per heavy atom. The summed E-state index contributed by atoms with van der Waals surface area (Å²) in [7, 11) is -3.07. The van der Waals surface area contributed by atoms with Crippen LogP contribution in [0.1, 0.15) is 27.0 Å². The maximum absolute atomic E-state index is 11.7. The zero-order valence-corrected chi connectivity index (χ0v) is 18.2. The zero-order chi connectivity index (χ0) is 19.9. The lowest BCUT2D eigenvalue weighted by Gasteiger charge is -2.33. The molecule has 2 aromatic heterocycles. The number of hydrogen-bond acceptors (Lipinski definition) is 7. The number of sulfonamides is 1. The first-order valence-corrected chi connectivity index (χ1v) is 12.2. The molecule has 0 radical (unpaired) electrons. The van der Waals surface area contributed by atoms with E-state index in [9.17, 15) is 8.42 Å². The minimum atomic E-state index is -3.07. The van der Waals surface area contributed by atoms with E-state index in [4.69, 9.17) is 0 Å². The van der Waals surface area contributed by atoms with Crippen molar-refractivity contribution < 1.29 is 13.0 Å². The molecule has 10 heteroatoms. The van der Waals surface area contributed by atoms with Crippen LogP contribution < -0.4 is 9.88 Å². The van der Waals surface area contributed by atoms with Gasteiger partial charge in [0.1, 0.15) is 18.2 Å². The van der Waals surface area contributed by atoms with Crippen molar-refractivity contribution >= 4 is 27.2 Å². The Balaban J connectivity index is 1.42. The van der Waals surface area contributed by atoms with Crippen molar-refractivity contribution in [1.29, 1.82) is 0 Å². The van der Waals surface area contributed by atoms with Gasteiger partial charge in [0.25, 0.3) is 5.01 Å². The van der Waals surface area contributed by atoms with Crippen LogP contribution in [0.25, 0.3) is 0 Å². The molecule has 0 unspecified atom stereocenters. The fourth-order valence-corrected chi connectivity index (χ4v) is 5.84. The summed E-state index contributed by atoms with van der Waals surface area (Å²) in [5.41, 5.74) is 2.43. The Hall–Kier alpha value is -1.62. The number of aryl methyl sites for hydroxylation is 1. The van der Waals surface area contributed by atoms with Crippen LogP contribution in [0.15, 0.2) is 6.20 Å². The highest BCUT2D eigenvalue weighted by atomic mass is 32.2. The van der Waals surface area contributed by atoms with E-state index in [1.807, 2.05) is 24.5 Å². The summed E-state index contributed by atoms with van der Waals surface area (Å²) >= 11 is 1.86. The van der Waals surface area contributed by atoms with Gasteiger partial charge in [-0.2, -0.15) is 8.87 Å². The third kappa shape index (κ3) is 4.05. The van der Waals surface area contributed by atoms with E-state index in [1.165, 1.54) is 21.8 Å². The second-order valence-corrected chi connectivity index (χ2v) is 10.6. The number of nitrogens with zero attached hydrogens (tertiary/aromatic N) is 5. The van der Waals surface area contributed by atoms with Crippen LogP contribution in [0, 0.1) is 13.8 Å². The molecule has 0 amide bonds. The Bertz CT molecular complexity index is 980. The van der Waals surface area contributed by atoms with Gasteiger partial charge in [-0.05, 0) is 6.92 Å². The molecule has 0 aromatic carbocycles. The van der Waals surface area contributed by atoms with Crippen LogP contribution in [0.4, 0.5) is 5.82 Å². The number of aromatic nitrogens is 3. The molecule has 4 rings (SSSR count). The third-order valence-electron chi connectivity index (χ3n) is 5.53. The van der Waals surface area contributed by atoms with Crippen LogP contribution in [0.5, 0.6) is 0 Å². The van der Waals surface area contributed by atoms with E-state index >= 15 is 0 Å². The Morgan fingerprint density at radius 3 is 2.71 bits per heavy atom. The Kier molecular flexibility index (Phi) is 5.38. The maximum Gasteiger partial charge on any atom is 0.257 e. The molecule has 2 aromatic rings. The molecule has 0 atom stereocenters. The highest BCUT2D eigenvalue weighted by Crippen LogP contribution is 2.23. The van der Waals surface area contributed by atoms with E-state index in [-0.39, 0.29) is 0 Å². The molecule has 2 aliphatic heterocycles. The van der Waals surface area contributed by atoms with Crippen LogP contribution in [0.3, 0.4) is 0 Å². The molecule has 1 fully saturated rings. The summed E-state index contributed by atoms with van der Waals surface area (Å²) in [6.45, 7) is 9.43. The van der Waals surface area contributed by atoms with Crippen LogP contribution in [-0.4, -0.2) is 66.6 Å². The second-order valence-electron chi connectivity index (χ2n) is 7.49. The number of fused-ring (bicyclic) bond motifs is 2. The SMILES string of the molecule is Cc1ncc2c(n1)NCc1sc(CCN3CCN(S(C)(=O)=O)CC3)c(C)[n+]1C2. The van der Waals surface area contributed by atoms with Gasteiger partial charge in [-0.15, -0.1) is 0 Å². The first-order valence-electron chi connectivity index (χ1n) is 9.56. The average molecular weight is 424 g/mol. The molecule has 0 saturated carbocycles. The number of thiazole rings is 1. The molecule has 0 aliphatic carbocycles. The molecule has 1 N–H and O–H groups in total. The molecule has 2 aliphatic rings. The van der Waals surface area contributed by atoms with Crippen molar-refractivity contribution in [3.05, 3.63) is 33.2 Å². The standard InChI is InChI=1S/C18H27N6O2S2/c1-13-16(4-5-22-6-8-23(9-7-22)28(3,25)26)27-17-11-20-18-15(12-24(13)17)10-19-14(2)21-18/h10H,4-9,11-12H2,1-3H3,(H,19,20,21)/q+1. The van der Waals surface area contributed by atoms with Gasteiger partial charge in [-0.25, -0.2) is 18.4 Å². The summed E-state index contributed by atoms with van der Waals surface area (Å²) in [5.74, 6) is 1.72. The number of rotatable bonds is 4. The van der Waals surface area contributed by atoms with Crippen LogP contribution in [-0.2, 0) is 29.5 Å². The van der Waals surface area contributed by atoms with Gasteiger partial charge in [0, 0.05) is 52.3 Å². The van der Waals surface area contributed by atoms with E-state index in [1.54, 1.807) is 4.31 Å². The lowest BCUT2D eigenvalue weighted by molar-refractivity contribution is -0.695. The summed E-state index contributed by atoms with van der Waals surface area (Å²) in [6, 6.07) is 0. The highest BCUT2D eigenvalue weighted by molar-refractivity contribution is 7.88. The first kappa shape index (κ1) is 19.7. The summed E-state index contributed by atoms with van der Waals surface area (Å²) in [4.78, 5) is 12.6. The highest BCUT2D eigenvalue weighted by Gasteiger charge is 2.29. The fourth-order valence-electron chi connectivity index (χ4n) is 3.82. The van der Waals surface area contributed by atoms with Crippen molar-refractivity contribution in [1.82, 2.24) is 19.2 Å². The first-order chi connectivity index (χ1) is 13.3. The monoisotopic (exact) mass is 423 g/mol. The number of hydrogen-bond donors (Lipinski definition) is 1. The van der Waals surface area contributed by atoms with Gasteiger partial charge >= 0.3 is 0 Å². The third-order valence-corrected chi connectivity index (χ3v) is 8.18. The summed E-state index contributed by atoms with van der Waals surface area (Å²) in [6.07, 6.45) is 4.21. The average Bonchev–Trinajstić information content (AvgIpc) is 2.83. The predicted molar refractivity (Wildman–Crippen MR) is 109 cm³/mol. The van der Waals surface area contributed by atoms with E-state index < -0.39 is 10.0 Å². The topological polar surface area (TPSA) is 82.3 Å². The van der Waals surface area contributed by atoms with Crippen LogP contribution in [0.2, 0.25) is 0 Å². The van der Waals surface area contributed by atoms with Gasteiger partial charge < -0.3 is 10.2 Å². The molecule has 152 valence electrons. The molecule has 8 nitrogen and oxygen atoms in total.